The molecule has 2 aliphatic heterocycles. The van der Waals surface area contributed by atoms with Crippen LogP contribution in [0.5, 0.6) is 0 Å². The Kier molecular flexibility index (Phi) is 4.07. The molecule has 1 N–H and O–H groups in total. The number of amides is 2. The highest BCUT2D eigenvalue weighted by Crippen LogP contribution is 2.55. The summed E-state index contributed by atoms with van der Waals surface area (Å²) in [6, 6.07) is 15.6. The molecule has 0 aromatic heterocycles. The lowest BCUT2D eigenvalue weighted by Crippen LogP contribution is -2.60. The first-order valence-electron chi connectivity index (χ1n) is 8.98. The molecule has 1 saturated heterocycles. The van der Waals surface area contributed by atoms with Crippen LogP contribution in [0.25, 0.3) is 0 Å². The minimum Gasteiger partial charge on any atom is -0.338 e. The minimum atomic E-state index is -0.579. The number of nitrogens with one attached hydrogen (secondary N) is 1. The van der Waals surface area contributed by atoms with Gasteiger partial charge in [-0.1, -0.05) is 48.0 Å². The van der Waals surface area contributed by atoms with Crippen LogP contribution < -0.4 is 10.2 Å². The molecular formula is C21H22BrN3O2. The molecule has 4 rings (SSSR count). The number of carbonyl (C=O) groups is 2. The zero-order valence-electron chi connectivity index (χ0n) is 15.6. The van der Waals surface area contributed by atoms with Crippen molar-refractivity contribution in [1.29, 1.82) is 0 Å². The highest BCUT2D eigenvalue weighted by Gasteiger charge is 2.62. The van der Waals surface area contributed by atoms with Gasteiger partial charge < -0.3 is 15.1 Å². The van der Waals surface area contributed by atoms with Crippen LogP contribution in [0.1, 0.15) is 26.3 Å². The Balaban J connectivity index is 1.61. The third kappa shape index (κ3) is 2.57. The van der Waals surface area contributed by atoms with Gasteiger partial charge in [0.1, 0.15) is 12.2 Å². The van der Waals surface area contributed by atoms with Gasteiger partial charge in [0.15, 0.2) is 0 Å². The van der Waals surface area contributed by atoms with Crippen LogP contribution >= 0.6 is 15.9 Å². The second-order valence-corrected chi connectivity index (χ2v) is 8.70. The van der Waals surface area contributed by atoms with E-state index >= 15 is 0 Å². The van der Waals surface area contributed by atoms with Gasteiger partial charge in [0.05, 0.1) is 6.54 Å². The van der Waals surface area contributed by atoms with E-state index in [0.717, 1.165) is 10.2 Å². The van der Waals surface area contributed by atoms with E-state index in [0.29, 0.717) is 12.2 Å². The SMILES string of the molecule is CC1(C)c2ccccc2N2CC(=O)N(CC(=O)Nc3ccc(Br)cc3)[C@]21C. The number of hydrogen-bond donors (Lipinski definition) is 1. The Bertz CT molecular complexity index is 925. The van der Waals surface area contributed by atoms with Crippen molar-refractivity contribution in [1.82, 2.24) is 4.90 Å². The Morgan fingerprint density at radius 1 is 1.11 bits per heavy atom. The molecule has 1 atom stereocenters. The van der Waals surface area contributed by atoms with Gasteiger partial charge in [-0.15, -0.1) is 0 Å². The molecule has 2 aromatic rings. The van der Waals surface area contributed by atoms with Gasteiger partial charge in [0.25, 0.3) is 0 Å². The smallest absolute Gasteiger partial charge is 0.244 e. The zero-order valence-corrected chi connectivity index (χ0v) is 17.2. The number of nitrogens with zero attached hydrogens (tertiary/aromatic N) is 2. The topological polar surface area (TPSA) is 52.7 Å². The lowest BCUT2D eigenvalue weighted by Gasteiger charge is -2.45. The van der Waals surface area contributed by atoms with Crippen LogP contribution in [0.4, 0.5) is 11.4 Å². The maximum absolute atomic E-state index is 12.8. The number of para-hydroxylation sites is 1. The summed E-state index contributed by atoms with van der Waals surface area (Å²) in [5.41, 5.74) is 2.12. The first kappa shape index (κ1) is 18.0. The van der Waals surface area contributed by atoms with Crippen molar-refractivity contribution in [2.24, 2.45) is 0 Å². The average Bonchev–Trinajstić information content (AvgIpc) is 2.98. The second-order valence-electron chi connectivity index (χ2n) is 7.78. The number of hydrogen-bond acceptors (Lipinski definition) is 3. The summed E-state index contributed by atoms with van der Waals surface area (Å²) < 4.78 is 0.948. The molecule has 0 aliphatic carbocycles. The largest absolute Gasteiger partial charge is 0.338 e. The molecular weight excluding hydrogens is 406 g/mol. The number of carbonyl (C=O) groups excluding carboxylic acids is 2. The molecule has 140 valence electrons. The van der Waals surface area contributed by atoms with Crippen LogP contribution in [0, 0.1) is 0 Å². The molecule has 1 fully saturated rings. The predicted molar refractivity (Wildman–Crippen MR) is 110 cm³/mol. The highest BCUT2D eigenvalue weighted by atomic mass is 79.9. The molecule has 0 bridgehead atoms. The van der Waals surface area contributed by atoms with E-state index in [9.17, 15) is 9.59 Å². The van der Waals surface area contributed by atoms with Crippen LogP contribution in [-0.2, 0) is 15.0 Å². The van der Waals surface area contributed by atoms with Crippen molar-refractivity contribution in [3.05, 3.63) is 58.6 Å². The fraction of sp³-hybridized carbons (Fsp3) is 0.333. The van der Waals surface area contributed by atoms with Gasteiger partial charge >= 0.3 is 0 Å². The van der Waals surface area contributed by atoms with E-state index in [4.69, 9.17) is 0 Å². The van der Waals surface area contributed by atoms with Gasteiger partial charge in [-0.25, -0.2) is 0 Å². The Morgan fingerprint density at radius 2 is 1.78 bits per heavy atom. The molecule has 0 saturated carbocycles. The molecule has 2 aliphatic rings. The summed E-state index contributed by atoms with van der Waals surface area (Å²) in [4.78, 5) is 29.4. The second kappa shape index (κ2) is 6.09. The normalized spacial score (nSPS) is 22.6. The Hall–Kier alpha value is -2.34. The predicted octanol–water partition coefficient (Wildman–Crippen LogP) is 3.74. The molecule has 0 spiro atoms. The number of fused-ring (bicyclic) bond motifs is 3. The van der Waals surface area contributed by atoms with Crippen LogP contribution in [0.2, 0.25) is 0 Å². The van der Waals surface area contributed by atoms with Crippen molar-refractivity contribution in [2.45, 2.75) is 31.8 Å². The fourth-order valence-corrected chi connectivity index (χ4v) is 4.63. The number of rotatable bonds is 3. The van der Waals surface area contributed by atoms with E-state index in [1.807, 2.05) is 36.4 Å². The quantitative estimate of drug-likeness (QED) is 0.811. The van der Waals surface area contributed by atoms with Crippen molar-refractivity contribution < 1.29 is 9.59 Å². The lowest BCUT2D eigenvalue weighted by atomic mass is 9.76. The minimum absolute atomic E-state index is 0.0222. The van der Waals surface area contributed by atoms with E-state index < -0.39 is 5.66 Å². The summed E-state index contributed by atoms with van der Waals surface area (Å²) in [6.45, 7) is 6.67. The standard InChI is InChI=1S/C21H22BrN3O2/c1-20(2)16-6-4-5-7-17(16)24-13-19(27)25(21(20,24)3)12-18(26)23-15-10-8-14(22)9-11-15/h4-11H,12-13H2,1-3H3,(H,23,26)/t21-/m0/s1. The van der Waals surface area contributed by atoms with Crippen molar-refractivity contribution in [2.75, 3.05) is 23.3 Å². The van der Waals surface area contributed by atoms with Crippen molar-refractivity contribution >= 4 is 39.1 Å². The summed E-state index contributed by atoms with van der Waals surface area (Å²) >= 11 is 3.38. The number of benzene rings is 2. The molecule has 0 radical (unpaired) electrons. The van der Waals surface area contributed by atoms with Gasteiger partial charge in [-0.3, -0.25) is 9.59 Å². The molecule has 2 amide bonds. The van der Waals surface area contributed by atoms with E-state index in [1.165, 1.54) is 5.56 Å². The van der Waals surface area contributed by atoms with Crippen molar-refractivity contribution in [3.8, 4) is 0 Å². The van der Waals surface area contributed by atoms with Gasteiger partial charge in [0, 0.05) is 21.3 Å². The Morgan fingerprint density at radius 3 is 2.48 bits per heavy atom. The molecule has 6 heteroatoms. The number of halogens is 1. The summed E-state index contributed by atoms with van der Waals surface area (Å²) in [5, 5.41) is 2.89. The van der Waals surface area contributed by atoms with E-state index in [2.05, 4.69) is 59.1 Å². The first-order chi connectivity index (χ1) is 12.7. The van der Waals surface area contributed by atoms with Crippen molar-refractivity contribution in [3.63, 3.8) is 0 Å². The zero-order chi connectivity index (χ0) is 19.4. The van der Waals surface area contributed by atoms with Crippen LogP contribution in [-0.4, -0.2) is 35.5 Å². The first-order valence-corrected chi connectivity index (χ1v) is 9.77. The van der Waals surface area contributed by atoms with E-state index in [1.54, 1.807) is 4.90 Å². The highest BCUT2D eigenvalue weighted by molar-refractivity contribution is 9.10. The van der Waals surface area contributed by atoms with Crippen LogP contribution in [0.3, 0.4) is 0 Å². The maximum atomic E-state index is 12.8. The lowest BCUT2D eigenvalue weighted by molar-refractivity contribution is -0.135. The summed E-state index contributed by atoms with van der Waals surface area (Å²) in [6.07, 6.45) is 0. The Labute approximate surface area is 167 Å². The van der Waals surface area contributed by atoms with Gasteiger partial charge in [0.2, 0.25) is 11.8 Å². The van der Waals surface area contributed by atoms with E-state index in [-0.39, 0.29) is 23.8 Å². The molecule has 27 heavy (non-hydrogen) atoms. The summed E-state index contributed by atoms with van der Waals surface area (Å²) in [7, 11) is 0. The molecule has 2 heterocycles. The summed E-state index contributed by atoms with van der Waals surface area (Å²) in [5.74, 6) is -0.216. The number of anilines is 2. The monoisotopic (exact) mass is 427 g/mol. The van der Waals surface area contributed by atoms with Crippen LogP contribution in [0.15, 0.2) is 53.0 Å². The molecule has 5 nitrogen and oxygen atoms in total. The van der Waals surface area contributed by atoms with Gasteiger partial charge in [-0.05, 0) is 42.8 Å². The third-order valence-electron chi connectivity index (χ3n) is 6.13. The molecule has 0 unspecified atom stereocenters. The average molecular weight is 428 g/mol. The maximum Gasteiger partial charge on any atom is 0.244 e. The van der Waals surface area contributed by atoms with Gasteiger partial charge in [-0.2, -0.15) is 0 Å². The molecule has 2 aromatic carbocycles. The third-order valence-corrected chi connectivity index (χ3v) is 6.66. The fourth-order valence-electron chi connectivity index (χ4n) is 4.37.